The summed E-state index contributed by atoms with van der Waals surface area (Å²) >= 11 is 0. The van der Waals surface area contributed by atoms with E-state index >= 15 is 0 Å². The van der Waals surface area contributed by atoms with Gasteiger partial charge in [0.25, 0.3) is 0 Å². The molecule has 0 radical (unpaired) electrons. The van der Waals surface area contributed by atoms with Crippen LogP contribution in [0.4, 0.5) is 18.9 Å². The number of carbonyl (C=O) groups is 8. The monoisotopic (exact) mass is 955 g/mol. The molecule has 1 aliphatic heterocycles. The van der Waals surface area contributed by atoms with Crippen molar-refractivity contribution in [3.05, 3.63) is 137 Å². The molecule has 4 aromatic carbocycles. The van der Waals surface area contributed by atoms with Gasteiger partial charge in [0.2, 0.25) is 29.5 Å². The van der Waals surface area contributed by atoms with E-state index in [0.29, 0.717) is 73.1 Å². The summed E-state index contributed by atoms with van der Waals surface area (Å²) in [5.41, 5.74) is 9.85. The Hall–Kier alpha value is -7.41. The van der Waals surface area contributed by atoms with Gasteiger partial charge in [0.15, 0.2) is 11.6 Å². The van der Waals surface area contributed by atoms with Gasteiger partial charge in [-0.05, 0) is 48.8 Å². The molecule has 0 bridgehead atoms. The van der Waals surface area contributed by atoms with Crippen molar-refractivity contribution in [2.45, 2.75) is 82.7 Å². The minimum absolute atomic E-state index is 0.156. The van der Waals surface area contributed by atoms with E-state index in [1.165, 1.54) is 4.90 Å². The predicted molar refractivity (Wildman–Crippen MR) is 249 cm³/mol. The number of aliphatic carboxylic acids is 1. The first kappa shape index (κ1) is 52.6. The first-order chi connectivity index (χ1) is 32.9. The molecule has 69 heavy (non-hydrogen) atoms. The summed E-state index contributed by atoms with van der Waals surface area (Å²) in [5.74, 6) is -5.82. The van der Waals surface area contributed by atoms with Gasteiger partial charge >= 0.3 is 12.1 Å². The fourth-order valence-electron chi connectivity index (χ4n) is 7.93. The molecule has 2 aliphatic rings. The molecule has 6 rings (SSSR count). The number of fused-ring (bicyclic) bond motifs is 2. The molecule has 1 heterocycles. The van der Waals surface area contributed by atoms with Gasteiger partial charge in [-0.15, -0.1) is 0 Å². The van der Waals surface area contributed by atoms with Gasteiger partial charge in [-0.3, -0.25) is 33.6 Å². The van der Waals surface area contributed by atoms with E-state index in [-0.39, 0.29) is 36.4 Å². The summed E-state index contributed by atoms with van der Waals surface area (Å²) in [6.07, 6.45) is -2.52. The standard InChI is InChI=1S/C48H55N7O7.C2HF3O2/c1-3-30(2)42(54-45(59)36(49)27-31-15-6-4-7-16-31)47(61)52-29-40(56)53-38(28-32-17-8-5-9-18-32)48(62)55-26-13-23-39(55)46(60)51-25-14-24-50-37-22-12-21-35-41(37)44(58)34-20-11-10-19-33(34)43(35)57;3-2(4,5)1(6)7/h4-12,15-22,30,36,38-39,42,50H,3,13-14,23-29,49H2,1-2H3,(H,51,60)(H,52,61)(H,53,56)(H,54,59);(H,6,7)/t30?,36-,38-,39-,42-;/m0./s1. The largest absolute Gasteiger partial charge is 0.490 e. The number of nitrogens with one attached hydrogen (secondary N) is 5. The van der Waals surface area contributed by atoms with Crippen LogP contribution in [0, 0.1) is 5.92 Å². The number of nitrogens with two attached hydrogens (primary N) is 1. The number of rotatable bonds is 19. The average Bonchev–Trinajstić information content (AvgIpc) is 3.84. The minimum atomic E-state index is -5.08. The predicted octanol–water partition coefficient (Wildman–Crippen LogP) is 3.95. The molecule has 16 nitrogen and oxygen atoms in total. The molecule has 0 spiro atoms. The van der Waals surface area contributed by atoms with Crippen LogP contribution in [0.25, 0.3) is 0 Å². The lowest BCUT2D eigenvalue weighted by Gasteiger charge is -2.29. The molecule has 4 aromatic rings. The van der Waals surface area contributed by atoms with Crippen LogP contribution in [0.1, 0.15) is 82.5 Å². The van der Waals surface area contributed by atoms with E-state index in [4.69, 9.17) is 15.6 Å². The average molecular weight is 956 g/mol. The van der Waals surface area contributed by atoms with Crippen molar-refractivity contribution in [3.8, 4) is 0 Å². The van der Waals surface area contributed by atoms with Crippen molar-refractivity contribution in [1.29, 1.82) is 0 Å². The number of amides is 5. The molecule has 1 saturated heterocycles. The Morgan fingerprint density at radius 2 is 1.33 bits per heavy atom. The third-order valence-electron chi connectivity index (χ3n) is 11.8. The number of carbonyl (C=O) groups excluding carboxylic acids is 7. The summed E-state index contributed by atoms with van der Waals surface area (Å²) in [6.45, 7) is 4.29. The molecule has 366 valence electrons. The third kappa shape index (κ3) is 14.3. The molecule has 1 aliphatic carbocycles. The second-order valence-corrected chi connectivity index (χ2v) is 16.7. The number of carboxylic acid groups (broad SMARTS) is 1. The van der Waals surface area contributed by atoms with Crippen LogP contribution in [0.15, 0.2) is 103 Å². The molecular weight excluding hydrogens is 900 g/mol. The van der Waals surface area contributed by atoms with Crippen molar-refractivity contribution in [3.63, 3.8) is 0 Å². The zero-order chi connectivity index (χ0) is 50.3. The number of benzene rings is 4. The number of halogens is 3. The number of anilines is 1. The smallest absolute Gasteiger partial charge is 0.475 e. The number of likely N-dealkylation sites (tertiary alicyclic amines) is 1. The summed E-state index contributed by atoms with van der Waals surface area (Å²) < 4.78 is 31.7. The Morgan fingerprint density at radius 3 is 1.94 bits per heavy atom. The van der Waals surface area contributed by atoms with Gasteiger partial charge < -0.3 is 42.3 Å². The highest BCUT2D eigenvalue weighted by atomic mass is 19.4. The first-order valence-corrected chi connectivity index (χ1v) is 22.6. The number of ketones is 2. The third-order valence-corrected chi connectivity index (χ3v) is 11.8. The molecule has 19 heteroatoms. The SMILES string of the molecule is CCC(C)[C@H](NC(=O)[C@@H](N)Cc1ccccc1)C(=O)NCC(=O)N[C@@H](Cc1ccccc1)C(=O)N1CCC[C@H]1C(=O)NCCCNc1cccc2c1C(=O)c1ccccc1C2=O.O=C(O)C(F)(F)F. The lowest BCUT2D eigenvalue weighted by Crippen LogP contribution is -2.57. The minimum Gasteiger partial charge on any atom is -0.475 e. The Kier molecular flexibility index (Phi) is 18.7. The number of nitrogens with zero attached hydrogens (tertiary/aromatic N) is 1. The lowest BCUT2D eigenvalue weighted by atomic mass is 9.83. The van der Waals surface area contributed by atoms with Gasteiger partial charge in [0.05, 0.1) is 18.2 Å². The van der Waals surface area contributed by atoms with Crippen molar-refractivity contribution in [2.75, 3.05) is 31.5 Å². The maximum atomic E-state index is 14.2. The number of alkyl halides is 3. The van der Waals surface area contributed by atoms with Crippen LogP contribution < -0.4 is 32.3 Å². The number of carboxylic acids is 1. The second kappa shape index (κ2) is 24.6. The van der Waals surface area contributed by atoms with Gasteiger partial charge in [-0.2, -0.15) is 13.2 Å². The fraction of sp³-hybridized carbons (Fsp3) is 0.360. The van der Waals surface area contributed by atoms with E-state index in [1.807, 2.05) is 74.5 Å². The van der Waals surface area contributed by atoms with Gasteiger partial charge in [0, 0.05) is 48.4 Å². The molecular formula is C50H56F3N7O9. The molecule has 0 saturated carbocycles. The van der Waals surface area contributed by atoms with Crippen LogP contribution in [0.5, 0.6) is 0 Å². The Balaban J connectivity index is 0.00000118. The Bertz CT molecular complexity index is 2490. The van der Waals surface area contributed by atoms with Crippen molar-refractivity contribution < 1.29 is 56.6 Å². The number of hydrogen-bond donors (Lipinski definition) is 7. The maximum absolute atomic E-state index is 14.2. The van der Waals surface area contributed by atoms with Gasteiger partial charge in [-0.25, -0.2) is 4.79 Å². The maximum Gasteiger partial charge on any atom is 0.490 e. The highest BCUT2D eigenvalue weighted by Crippen LogP contribution is 2.32. The first-order valence-electron chi connectivity index (χ1n) is 22.6. The molecule has 5 atom stereocenters. The summed E-state index contributed by atoms with van der Waals surface area (Å²) in [5, 5.41) is 21.5. The van der Waals surface area contributed by atoms with Crippen molar-refractivity contribution in [1.82, 2.24) is 26.2 Å². The van der Waals surface area contributed by atoms with Crippen LogP contribution in [-0.4, -0.2) is 114 Å². The van der Waals surface area contributed by atoms with Gasteiger partial charge in [0.1, 0.15) is 18.1 Å². The molecule has 0 aromatic heterocycles. The van der Waals surface area contributed by atoms with Crippen molar-refractivity contribution >= 4 is 52.8 Å². The van der Waals surface area contributed by atoms with Gasteiger partial charge in [-0.1, -0.05) is 117 Å². The van der Waals surface area contributed by atoms with E-state index in [9.17, 15) is 46.7 Å². The Labute approximate surface area is 397 Å². The summed E-state index contributed by atoms with van der Waals surface area (Å²) in [7, 11) is 0. The summed E-state index contributed by atoms with van der Waals surface area (Å²) in [4.78, 5) is 105. The van der Waals surface area contributed by atoms with Crippen LogP contribution >= 0.6 is 0 Å². The fourth-order valence-corrected chi connectivity index (χ4v) is 7.93. The zero-order valence-electron chi connectivity index (χ0n) is 38.1. The normalized spacial score (nSPS) is 15.7. The highest BCUT2D eigenvalue weighted by Gasteiger charge is 2.39. The number of hydrogen-bond acceptors (Lipinski definition) is 10. The van der Waals surface area contributed by atoms with Crippen LogP contribution in [0.3, 0.4) is 0 Å². The summed E-state index contributed by atoms with van der Waals surface area (Å²) in [6, 6.07) is 26.8. The topological polar surface area (TPSA) is 246 Å². The van der Waals surface area contributed by atoms with Crippen LogP contribution in [-0.2, 0) is 41.6 Å². The lowest BCUT2D eigenvalue weighted by molar-refractivity contribution is -0.192. The van der Waals surface area contributed by atoms with E-state index in [0.717, 1.165) is 11.1 Å². The highest BCUT2D eigenvalue weighted by molar-refractivity contribution is 6.30. The van der Waals surface area contributed by atoms with E-state index in [2.05, 4.69) is 26.6 Å². The van der Waals surface area contributed by atoms with E-state index < -0.39 is 66.5 Å². The second-order valence-electron chi connectivity index (χ2n) is 16.7. The van der Waals surface area contributed by atoms with Crippen LogP contribution in [0.2, 0.25) is 0 Å². The Morgan fingerprint density at radius 1 is 0.754 bits per heavy atom. The van der Waals surface area contributed by atoms with E-state index in [1.54, 1.807) is 42.5 Å². The zero-order valence-corrected chi connectivity index (χ0v) is 38.1. The van der Waals surface area contributed by atoms with Crippen molar-refractivity contribution in [2.24, 2.45) is 11.7 Å². The molecule has 5 amide bonds. The molecule has 8 N–H and O–H groups in total. The molecule has 1 unspecified atom stereocenters. The molecule has 1 fully saturated rings. The quantitative estimate of drug-likeness (QED) is 0.0585.